The summed E-state index contributed by atoms with van der Waals surface area (Å²) in [6.45, 7) is 1.57. The summed E-state index contributed by atoms with van der Waals surface area (Å²) in [5.74, 6) is -2.11. The summed E-state index contributed by atoms with van der Waals surface area (Å²) in [5, 5.41) is 2.82. The van der Waals surface area contributed by atoms with Gasteiger partial charge in [0.05, 0.1) is 12.2 Å². The number of halogens is 2. The molecule has 1 aliphatic rings. The van der Waals surface area contributed by atoms with Crippen LogP contribution in [0.4, 0.5) is 14.5 Å². The Morgan fingerprint density at radius 1 is 1.00 bits per heavy atom. The molecule has 0 fully saturated rings. The predicted molar refractivity (Wildman–Crippen MR) is 112 cm³/mol. The second-order valence-electron chi connectivity index (χ2n) is 7.01. The Balaban J connectivity index is 1.78. The second kappa shape index (κ2) is 7.95. The molecule has 2 heterocycles. The van der Waals surface area contributed by atoms with Crippen molar-refractivity contribution in [3.63, 3.8) is 0 Å². The van der Waals surface area contributed by atoms with Crippen LogP contribution in [0.3, 0.4) is 0 Å². The highest BCUT2D eigenvalue weighted by Gasteiger charge is 2.32. The minimum atomic E-state index is -4.04. The number of aliphatic imine (C=N–C) groups is 1. The normalized spacial score (nSPS) is 16.8. The van der Waals surface area contributed by atoms with E-state index in [-0.39, 0.29) is 39.8 Å². The van der Waals surface area contributed by atoms with E-state index in [9.17, 15) is 22.0 Å². The van der Waals surface area contributed by atoms with Crippen molar-refractivity contribution >= 4 is 21.7 Å². The molecule has 0 unspecified atom stereocenters. The van der Waals surface area contributed by atoms with Crippen LogP contribution < -0.4 is 15.6 Å². The molecule has 1 aliphatic heterocycles. The molecule has 0 aliphatic carbocycles. The molecule has 160 valence electrons. The molecule has 0 bridgehead atoms. The molecule has 0 saturated heterocycles. The van der Waals surface area contributed by atoms with Crippen molar-refractivity contribution in [3.8, 4) is 0 Å². The molecule has 2 aromatic carbocycles. The molecule has 3 aromatic rings. The van der Waals surface area contributed by atoms with E-state index in [0.717, 1.165) is 12.1 Å². The van der Waals surface area contributed by atoms with E-state index in [1.807, 2.05) is 0 Å². The highest BCUT2D eigenvalue weighted by atomic mass is 32.2. The van der Waals surface area contributed by atoms with Crippen molar-refractivity contribution in [2.24, 2.45) is 4.99 Å². The zero-order valence-electron chi connectivity index (χ0n) is 16.3. The molecule has 7 nitrogen and oxygen atoms in total. The van der Waals surface area contributed by atoms with E-state index in [4.69, 9.17) is 0 Å². The molecule has 10 heteroatoms. The lowest BCUT2D eigenvalue weighted by atomic mass is 9.91. The van der Waals surface area contributed by atoms with E-state index in [1.165, 1.54) is 24.3 Å². The number of sulfonamides is 1. The molecule has 31 heavy (non-hydrogen) atoms. The fourth-order valence-corrected chi connectivity index (χ4v) is 4.64. The molecule has 0 spiro atoms. The van der Waals surface area contributed by atoms with Gasteiger partial charge in [-0.05, 0) is 29.8 Å². The van der Waals surface area contributed by atoms with Gasteiger partial charge in [0, 0.05) is 23.2 Å². The zero-order chi connectivity index (χ0) is 22.2. The van der Waals surface area contributed by atoms with Crippen molar-refractivity contribution in [1.82, 2.24) is 9.71 Å². The average molecular weight is 444 g/mol. The van der Waals surface area contributed by atoms with E-state index in [0.29, 0.717) is 5.69 Å². The van der Waals surface area contributed by atoms with E-state index in [2.05, 4.69) is 20.0 Å². The Morgan fingerprint density at radius 3 is 2.52 bits per heavy atom. The van der Waals surface area contributed by atoms with Gasteiger partial charge in [0.25, 0.3) is 10.0 Å². The quantitative estimate of drug-likeness (QED) is 0.575. The standard InChI is InChI=1S/C21H18F2N4O3S/c1-12(14-6-2-3-7-15(14)22)19-16(23)9-10-17-20(19)26-21(27-31(17,29)30)24-11-13-5-4-8-18(28)25-13/h2-10,12H,11H2,1H3,(H,25,28)(H2,24,26,27)/t12-/m0/s1. The third-order valence-electron chi connectivity index (χ3n) is 4.96. The van der Waals surface area contributed by atoms with Crippen LogP contribution in [0.5, 0.6) is 0 Å². The Bertz CT molecular complexity index is 1350. The lowest BCUT2D eigenvalue weighted by Crippen LogP contribution is -2.41. The number of rotatable bonds is 4. The first-order valence-corrected chi connectivity index (χ1v) is 10.8. The minimum Gasteiger partial charge on any atom is -0.324 e. The third kappa shape index (κ3) is 4.06. The van der Waals surface area contributed by atoms with Gasteiger partial charge in [0.2, 0.25) is 11.5 Å². The van der Waals surface area contributed by atoms with Gasteiger partial charge in [-0.15, -0.1) is 0 Å². The maximum atomic E-state index is 14.9. The van der Waals surface area contributed by atoms with Crippen molar-refractivity contribution in [2.45, 2.75) is 24.3 Å². The van der Waals surface area contributed by atoms with Crippen LogP contribution in [0.1, 0.15) is 29.7 Å². The number of H-pyrrole nitrogens is 1. The predicted octanol–water partition coefficient (Wildman–Crippen LogP) is 3.06. The first kappa shape index (κ1) is 20.7. The second-order valence-corrected chi connectivity index (χ2v) is 8.66. The molecular formula is C21H18F2N4O3S. The van der Waals surface area contributed by atoms with E-state index >= 15 is 0 Å². The van der Waals surface area contributed by atoms with Gasteiger partial charge in [-0.3, -0.25) is 4.79 Å². The highest BCUT2D eigenvalue weighted by molar-refractivity contribution is 7.90. The van der Waals surface area contributed by atoms with Gasteiger partial charge >= 0.3 is 0 Å². The SMILES string of the molecule is C[C@@H](c1ccccc1F)c1c(F)ccc2c1NC(=NCc1cccc(=O)[nH]1)NS2(=O)=O. The number of hydrogen-bond acceptors (Lipinski definition) is 4. The maximum Gasteiger partial charge on any atom is 0.266 e. The third-order valence-corrected chi connectivity index (χ3v) is 6.34. The first-order valence-electron chi connectivity index (χ1n) is 9.35. The lowest BCUT2D eigenvalue weighted by Gasteiger charge is -2.26. The summed E-state index contributed by atoms with van der Waals surface area (Å²) in [5.41, 5.74) is 0.380. The molecule has 1 aromatic heterocycles. The van der Waals surface area contributed by atoms with Crippen LogP contribution in [0, 0.1) is 11.6 Å². The van der Waals surface area contributed by atoms with Crippen molar-refractivity contribution in [3.05, 3.63) is 93.4 Å². The number of aromatic amines is 1. The molecule has 0 radical (unpaired) electrons. The average Bonchev–Trinajstić information content (AvgIpc) is 2.71. The largest absolute Gasteiger partial charge is 0.324 e. The Kier molecular flexibility index (Phi) is 5.32. The van der Waals surface area contributed by atoms with Crippen LogP contribution in [0.2, 0.25) is 0 Å². The van der Waals surface area contributed by atoms with Gasteiger partial charge in [-0.25, -0.2) is 26.9 Å². The summed E-state index contributed by atoms with van der Waals surface area (Å²) < 4.78 is 57.0. The summed E-state index contributed by atoms with van der Waals surface area (Å²) in [4.78, 5) is 18.0. The van der Waals surface area contributed by atoms with Crippen LogP contribution >= 0.6 is 0 Å². The minimum absolute atomic E-state index is 0.00481. The van der Waals surface area contributed by atoms with Crippen molar-refractivity contribution < 1.29 is 17.2 Å². The smallest absolute Gasteiger partial charge is 0.266 e. The van der Waals surface area contributed by atoms with E-state index in [1.54, 1.807) is 25.1 Å². The maximum absolute atomic E-state index is 14.9. The molecule has 0 saturated carbocycles. The number of fused-ring (bicyclic) bond motifs is 1. The number of hydrogen-bond donors (Lipinski definition) is 3. The van der Waals surface area contributed by atoms with Gasteiger partial charge < -0.3 is 10.3 Å². The number of nitrogens with zero attached hydrogens (tertiary/aromatic N) is 1. The number of pyridine rings is 1. The number of benzene rings is 2. The van der Waals surface area contributed by atoms with Gasteiger partial charge in [-0.2, -0.15) is 0 Å². The molecule has 0 amide bonds. The van der Waals surface area contributed by atoms with Gasteiger partial charge in [0.15, 0.2) is 0 Å². The number of anilines is 1. The Labute approximate surface area is 176 Å². The summed E-state index contributed by atoms with van der Waals surface area (Å²) >= 11 is 0. The monoisotopic (exact) mass is 444 g/mol. The topological polar surface area (TPSA) is 103 Å². The number of aromatic nitrogens is 1. The number of guanidine groups is 1. The fraction of sp³-hybridized carbons (Fsp3) is 0.143. The van der Waals surface area contributed by atoms with Crippen molar-refractivity contribution in [1.29, 1.82) is 0 Å². The fourth-order valence-electron chi connectivity index (χ4n) is 3.48. The zero-order valence-corrected chi connectivity index (χ0v) is 17.1. The summed E-state index contributed by atoms with van der Waals surface area (Å²) in [6.07, 6.45) is 0. The van der Waals surface area contributed by atoms with Crippen LogP contribution in [0.25, 0.3) is 0 Å². The van der Waals surface area contributed by atoms with Crippen LogP contribution in [0.15, 0.2) is 69.3 Å². The summed E-state index contributed by atoms with van der Waals surface area (Å²) in [6, 6.07) is 12.6. The Morgan fingerprint density at radius 2 is 1.77 bits per heavy atom. The Hall–Kier alpha value is -3.53. The van der Waals surface area contributed by atoms with E-state index < -0.39 is 27.6 Å². The van der Waals surface area contributed by atoms with Crippen LogP contribution in [-0.2, 0) is 16.6 Å². The molecule has 4 rings (SSSR count). The molecule has 1 atom stereocenters. The number of nitrogens with one attached hydrogen (secondary N) is 3. The molecule has 3 N–H and O–H groups in total. The highest BCUT2D eigenvalue weighted by Crippen LogP contribution is 2.38. The summed E-state index contributed by atoms with van der Waals surface area (Å²) in [7, 11) is -4.04. The first-order chi connectivity index (χ1) is 14.8. The van der Waals surface area contributed by atoms with Gasteiger partial charge in [-0.1, -0.05) is 31.2 Å². The van der Waals surface area contributed by atoms with Crippen LogP contribution in [-0.4, -0.2) is 19.4 Å². The lowest BCUT2D eigenvalue weighted by molar-refractivity contribution is 0.577. The van der Waals surface area contributed by atoms with Gasteiger partial charge in [0.1, 0.15) is 16.5 Å². The molecular weight excluding hydrogens is 426 g/mol. The van der Waals surface area contributed by atoms with Crippen molar-refractivity contribution in [2.75, 3.05) is 5.32 Å².